The maximum atomic E-state index is 14.4. The Bertz CT molecular complexity index is 1510. The van der Waals surface area contributed by atoms with Gasteiger partial charge in [-0.2, -0.15) is 4.39 Å². The summed E-state index contributed by atoms with van der Waals surface area (Å²) in [7, 11) is 4.34. The highest BCUT2D eigenvalue weighted by Crippen LogP contribution is 2.30. The first kappa shape index (κ1) is 30.8. The minimum atomic E-state index is -1.15. The third-order valence-corrected chi connectivity index (χ3v) is 5.75. The average molecular weight is 575 g/mol. The highest BCUT2D eigenvalue weighted by Gasteiger charge is 2.23. The molecule has 1 atom stereocenters. The molecule has 0 aliphatic rings. The van der Waals surface area contributed by atoms with Gasteiger partial charge in [0, 0.05) is 26.4 Å². The third kappa shape index (κ3) is 7.90. The van der Waals surface area contributed by atoms with Crippen LogP contribution < -0.4 is 20.9 Å². The molecule has 0 spiro atoms. The molecule has 3 aromatic rings. The number of anilines is 1. The molecule has 0 aliphatic heterocycles. The Balaban J connectivity index is 1.80. The number of carbonyl (C=O) groups excluding carboxylic acids is 3. The maximum Gasteiger partial charge on any atom is 0.407 e. The number of carbonyl (C=O) groups is 3. The number of fused-ring (bicyclic) bond motifs is 1. The number of ether oxygens (including phenoxy) is 2. The molecule has 220 valence electrons. The Kier molecular flexibility index (Phi) is 10.2. The predicted octanol–water partition coefficient (Wildman–Crippen LogP) is 2.93. The van der Waals surface area contributed by atoms with Gasteiger partial charge in [0.2, 0.25) is 17.6 Å². The zero-order valence-electron chi connectivity index (χ0n) is 23.3. The lowest BCUT2D eigenvalue weighted by atomic mass is 10.1. The second-order valence-corrected chi connectivity index (χ2v) is 9.49. The van der Waals surface area contributed by atoms with Crippen LogP contribution in [0.2, 0.25) is 0 Å². The van der Waals surface area contributed by atoms with Gasteiger partial charge in [-0.15, -0.1) is 0 Å². The van der Waals surface area contributed by atoms with Gasteiger partial charge in [0.05, 0.1) is 25.3 Å². The molecular weight excluding hydrogens is 542 g/mol. The zero-order valence-corrected chi connectivity index (χ0v) is 23.3. The molecule has 12 nitrogen and oxygen atoms in total. The van der Waals surface area contributed by atoms with Gasteiger partial charge in [0.25, 0.3) is 5.56 Å². The van der Waals surface area contributed by atoms with E-state index in [1.165, 1.54) is 33.9 Å². The Hall–Kier alpha value is -4.75. The largest absolute Gasteiger partial charge is 0.486 e. The van der Waals surface area contributed by atoms with E-state index in [4.69, 9.17) is 4.74 Å². The molecule has 2 heterocycles. The number of nitrogens with one attached hydrogen (secondary N) is 3. The fourth-order valence-electron chi connectivity index (χ4n) is 3.74. The van der Waals surface area contributed by atoms with Gasteiger partial charge in [0.1, 0.15) is 23.1 Å². The SMILES string of the molecule is COC(=O)NC(CCC=CC(=O)N(C)C)C(=O)Nc1cccn(Cc2nc3cc(F)c(F)c(OC(C)C)c3[nH]2)c1=O. The van der Waals surface area contributed by atoms with Gasteiger partial charge in [-0.05, 0) is 44.9 Å². The van der Waals surface area contributed by atoms with Crippen molar-refractivity contribution in [1.82, 2.24) is 24.8 Å². The van der Waals surface area contributed by atoms with Gasteiger partial charge in [-0.25, -0.2) is 14.2 Å². The number of pyridine rings is 1. The van der Waals surface area contributed by atoms with Crippen LogP contribution in [0.4, 0.5) is 19.3 Å². The molecule has 0 saturated heterocycles. The topological polar surface area (TPSA) is 148 Å². The number of aromatic nitrogens is 3. The van der Waals surface area contributed by atoms with Crippen molar-refractivity contribution in [2.75, 3.05) is 26.5 Å². The van der Waals surface area contributed by atoms with Crippen molar-refractivity contribution in [3.05, 3.63) is 64.4 Å². The van der Waals surface area contributed by atoms with Crippen LogP contribution in [0.5, 0.6) is 5.75 Å². The monoisotopic (exact) mass is 574 g/mol. The molecule has 3 amide bonds. The fraction of sp³-hybridized carbons (Fsp3) is 0.370. The molecule has 0 saturated carbocycles. The van der Waals surface area contributed by atoms with E-state index < -0.39 is 41.3 Å². The van der Waals surface area contributed by atoms with E-state index in [1.54, 1.807) is 34.0 Å². The van der Waals surface area contributed by atoms with Crippen molar-refractivity contribution < 1.29 is 32.6 Å². The molecule has 0 radical (unpaired) electrons. The van der Waals surface area contributed by atoms with Crippen LogP contribution in [-0.2, 0) is 20.9 Å². The van der Waals surface area contributed by atoms with Crippen molar-refractivity contribution in [2.24, 2.45) is 0 Å². The van der Waals surface area contributed by atoms with Crippen molar-refractivity contribution in [3.8, 4) is 5.75 Å². The lowest BCUT2D eigenvalue weighted by Crippen LogP contribution is -2.44. The molecule has 2 aromatic heterocycles. The number of likely N-dealkylation sites (N-methyl/N-ethyl adjacent to an activating group) is 1. The number of nitrogens with zero attached hydrogens (tertiary/aromatic N) is 3. The number of methoxy groups -OCH3 is 1. The number of rotatable bonds is 11. The number of allylic oxidation sites excluding steroid dienone is 1. The van der Waals surface area contributed by atoms with Crippen LogP contribution in [-0.4, -0.2) is 70.7 Å². The van der Waals surface area contributed by atoms with E-state index in [-0.39, 0.29) is 53.6 Å². The van der Waals surface area contributed by atoms with Crippen LogP contribution in [0, 0.1) is 11.6 Å². The van der Waals surface area contributed by atoms with Gasteiger partial charge in [0.15, 0.2) is 11.6 Å². The molecule has 3 rings (SSSR count). The average Bonchev–Trinajstić information content (AvgIpc) is 3.31. The Morgan fingerprint density at radius 2 is 1.98 bits per heavy atom. The van der Waals surface area contributed by atoms with Crippen LogP contribution in [0.15, 0.2) is 41.3 Å². The smallest absolute Gasteiger partial charge is 0.407 e. The summed E-state index contributed by atoms with van der Waals surface area (Å²) < 4.78 is 39.8. The summed E-state index contributed by atoms with van der Waals surface area (Å²) >= 11 is 0. The number of alkyl carbamates (subject to hydrolysis) is 1. The van der Waals surface area contributed by atoms with E-state index in [2.05, 4.69) is 25.3 Å². The molecule has 0 fully saturated rings. The summed E-state index contributed by atoms with van der Waals surface area (Å²) in [5.41, 5.74) is -0.414. The third-order valence-electron chi connectivity index (χ3n) is 5.75. The standard InChI is InChI=1S/C27H32F2N6O6/c1-15(2)41-24-22(29)16(28)13-19-23(24)33-20(30-19)14-35-12-8-10-18(26(35)38)31-25(37)17(32-27(39)40-5)9-6-7-11-21(36)34(3)4/h7-8,10-13,15,17H,6,9,14H2,1-5H3,(H,30,33)(H,31,37)(H,32,39). The van der Waals surface area contributed by atoms with E-state index in [0.717, 1.165) is 13.2 Å². The Labute approximate surface area is 234 Å². The summed E-state index contributed by atoms with van der Waals surface area (Å²) in [5, 5.41) is 4.93. The van der Waals surface area contributed by atoms with Crippen molar-refractivity contribution in [3.63, 3.8) is 0 Å². The van der Waals surface area contributed by atoms with Gasteiger partial charge in [-0.1, -0.05) is 6.08 Å². The number of hydrogen-bond acceptors (Lipinski definition) is 7. The highest BCUT2D eigenvalue weighted by atomic mass is 19.2. The second-order valence-electron chi connectivity index (χ2n) is 9.49. The van der Waals surface area contributed by atoms with E-state index >= 15 is 0 Å². The van der Waals surface area contributed by atoms with Crippen LogP contribution in [0.3, 0.4) is 0 Å². The highest BCUT2D eigenvalue weighted by molar-refractivity contribution is 5.96. The van der Waals surface area contributed by atoms with Gasteiger partial charge in [-0.3, -0.25) is 14.4 Å². The van der Waals surface area contributed by atoms with Gasteiger partial charge < -0.3 is 34.6 Å². The quantitative estimate of drug-likeness (QED) is 0.298. The van der Waals surface area contributed by atoms with Crippen LogP contribution >= 0.6 is 0 Å². The lowest BCUT2D eigenvalue weighted by molar-refractivity contribution is -0.123. The second kappa shape index (κ2) is 13.5. The van der Waals surface area contributed by atoms with E-state index in [1.807, 2.05) is 0 Å². The number of benzene rings is 1. The number of H-pyrrole nitrogens is 1. The molecule has 1 aromatic carbocycles. The Morgan fingerprint density at radius 3 is 2.63 bits per heavy atom. The minimum Gasteiger partial charge on any atom is -0.486 e. The summed E-state index contributed by atoms with van der Waals surface area (Å²) in [4.78, 5) is 58.2. The first-order valence-corrected chi connectivity index (χ1v) is 12.7. The van der Waals surface area contributed by atoms with Gasteiger partial charge >= 0.3 is 6.09 Å². The minimum absolute atomic E-state index is 0.0791. The molecular formula is C27H32F2N6O6. The zero-order chi connectivity index (χ0) is 30.3. The molecule has 0 bridgehead atoms. The summed E-state index contributed by atoms with van der Waals surface area (Å²) in [6.45, 7) is 3.22. The first-order chi connectivity index (χ1) is 19.4. The molecule has 3 N–H and O–H groups in total. The van der Waals surface area contributed by atoms with Crippen LogP contribution in [0.1, 0.15) is 32.5 Å². The number of aromatic amines is 1. The molecule has 41 heavy (non-hydrogen) atoms. The van der Waals surface area contributed by atoms with Crippen molar-refractivity contribution >= 4 is 34.6 Å². The summed E-state index contributed by atoms with van der Waals surface area (Å²) in [6, 6.07) is 2.76. The molecule has 1 unspecified atom stereocenters. The maximum absolute atomic E-state index is 14.4. The van der Waals surface area contributed by atoms with Crippen molar-refractivity contribution in [2.45, 2.75) is 45.4 Å². The van der Waals surface area contributed by atoms with E-state index in [9.17, 15) is 28.0 Å². The van der Waals surface area contributed by atoms with E-state index in [0.29, 0.717) is 0 Å². The number of amides is 3. The number of imidazole rings is 1. The molecule has 0 aliphatic carbocycles. The normalized spacial score (nSPS) is 12.0. The Morgan fingerprint density at radius 1 is 1.24 bits per heavy atom. The summed E-state index contributed by atoms with van der Waals surface area (Å²) in [6.07, 6.45) is 3.49. The number of halogens is 2. The number of hydrogen-bond donors (Lipinski definition) is 3. The lowest BCUT2D eigenvalue weighted by Gasteiger charge is -2.17. The van der Waals surface area contributed by atoms with Crippen LogP contribution in [0.25, 0.3) is 11.0 Å². The van der Waals surface area contributed by atoms with Crippen molar-refractivity contribution in [1.29, 1.82) is 0 Å². The predicted molar refractivity (Wildman–Crippen MR) is 147 cm³/mol. The summed E-state index contributed by atoms with van der Waals surface area (Å²) in [5.74, 6) is -3.29. The molecule has 14 heteroatoms. The fourth-order valence-corrected chi connectivity index (χ4v) is 3.74. The first-order valence-electron chi connectivity index (χ1n) is 12.7.